The molecule has 2 saturated carbocycles. The lowest BCUT2D eigenvalue weighted by Gasteiger charge is -2.29. The number of nitrogens with zero attached hydrogens (tertiary/aromatic N) is 3. The number of hydrogen-bond acceptors (Lipinski definition) is 6. The highest BCUT2D eigenvalue weighted by atomic mass is 32.2. The molecular weight excluding hydrogens is 464 g/mol. The summed E-state index contributed by atoms with van der Waals surface area (Å²) in [6, 6.07) is 4.27. The van der Waals surface area contributed by atoms with Crippen molar-refractivity contribution in [2.24, 2.45) is 5.92 Å². The SMILES string of the molecule is Cc1cccn2c(=O)c(/C=C3/SC(=S)N(C4CCCCC4)C3=O)c(NC3CCC(C)CC3)nc12. The Bertz CT molecular complexity index is 1210. The molecule has 2 aliphatic carbocycles. The Morgan fingerprint density at radius 1 is 1.12 bits per heavy atom. The zero-order chi connectivity index (χ0) is 23.8. The van der Waals surface area contributed by atoms with Gasteiger partial charge < -0.3 is 5.32 Å². The van der Waals surface area contributed by atoms with Crippen LogP contribution in [0, 0.1) is 12.8 Å². The minimum absolute atomic E-state index is 0.0759. The van der Waals surface area contributed by atoms with E-state index in [1.807, 2.05) is 19.1 Å². The van der Waals surface area contributed by atoms with Crippen LogP contribution < -0.4 is 10.9 Å². The first-order chi connectivity index (χ1) is 16.4. The molecule has 1 saturated heterocycles. The molecule has 0 aromatic carbocycles. The standard InChI is InChI=1S/C26H32N4O2S2/c1-16-10-12-18(13-11-16)27-22-20(24(31)29-14-6-7-17(2)23(29)28-22)15-21-25(32)30(26(33)34-21)19-8-4-3-5-9-19/h6-7,14-16,18-19,27H,3-5,8-13H2,1-2H3/b21-15+. The van der Waals surface area contributed by atoms with Gasteiger partial charge in [0.05, 0.1) is 10.5 Å². The average molecular weight is 497 g/mol. The van der Waals surface area contributed by atoms with E-state index in [9.17, 15) is 9.59 Å². The third-order valence-electron chi connectivity index (χ3n) is 7.48. The van der Waals surface area contributed by atoms with Crippen LogP contribution in [0.4, 0.5) is 5.82 Å². The lowest BCUT2D eigenvalue weighted by molar-refractivity contribution is -0.124. The van der Waals surface area contributed by atoms with Gasteiger partial charge in [0.25, 0.3) is 11.5 Å². The topological polar surface area (TPSA) is 66.7 Å². The average Bonchev–Trinajstić information content (AvgIpc) is 3.11. The molecule has 0 bridgehead atoms. The quantitative estimate of drug-likeness (QED) is 0.444. The second-order valence-corrected chi connectivity index (χ2v) is 11.7. The smallest absolute Gasteiger partial charge is 0.267 e. The molecule has 2 aromatic rings. The predicted molar refractivity (Wildman–Crippen MR) is 143 cm³/mol. The van der Waals surface area contributed by atoms with E-state index < -0.39 is 0 Å². The summed E-state index contributed by atoms with van der Waals surface area (Å²) in [5.41, 5.74) is 1.86. The van der Waals surface area contributed by atoms with E-state index in [-0.39, 0.29) is 23.6 Å². The molecule has 180 valence electrons. The Labute approximate surface area is 210 Å². The van der Waals surface area contributed by atoms with E-state index in [4.69, 9.17) is 17.2 Å². The van der Waals surface area contributed by atoms with Gasteiger partial charge in [-0.15, -0.1) is 0 Å². The Hall–Kier alpha value is -2.19. The first-order valence-electron chi connectivity index (χ1n) is 12.5. The van der Waals surface area contributed by atoms with E-state index in [0.29, 0.717) is 26.3 Å². The van der Waals surface area contributed by atoms with Crippen molar-refractivity contribution in [3.8, 4) is 0 Å². The first-order valence-corrected chi connectivity index (χ1v) is 13.7. The molecule has 0 atom stereocenters. The number of aryl methyl sites for hydroxylation is 1. The molecule has 0 spiro atoms. The second kappa shape index (κ2) is 9.82. The van der Waals surface area contributed by atoms with Gasteiger partial charge in [-0.2, -0.15) is 0 Å². The summed E-state index contributed by atoms with van der Waals surface area (Å²) >= 11 is 6.91. The molecule has 5 rings (SSSR count). The molecule has 34 heavy (non-hydrogen) atoms. The van der Waals surface area contributed by atoms with Crippen molar-refractivity contribution in [3.63, 3.8) is 0 Å². The van der Waals surface area contributed by atoms with Gasteiger partial charge in [-0.25, -0.2) is 4.98 Å². The van der Waals surface area contributed by atoms with Crippen LogP contribution in [0.2, 0.25) is 0 Å². The number of fused-ring (bicyclic) bond motifs is 1. The zero-order valence-corrected chi connectivity index (χ0v) is 21.5. The second-order valence-electron chi connectivity index (χ2n) is 10.0. The van der Waals surface area contributed by atoms with Gasteiger partial charge in [-0.3, -0.25) is 18.9 Å². The van der Waals surface area contributed by atoms with Crippen LogP contribution in [-0.4, -0.2) is 36.6 Å². The minimum atomic E-state index is -0.164. The number of pyridine rings is 1. The van der Waals surface area contributed by atoms with E-state index in [1.165, 1.54) is 31.0 Å². The minimum Gasteiger partial charge on any atom is -0.367 e. The van der Waals surface area contributed by atoms with Crippen LogP contribution in [0.1, 0.15) is 75.8 Å². The number of thioether (sulfide) groups is 1. The van der Waals surface area contributed by atoms with Crippen molar-refractivity contribution in [1.29, 1.82) is 0 Å². The van der Waals surface area contributed by atoms with E-state index in [0.717, 1.165) is 50.0 Å². The number of rotatable bonds is 4. The molecule has 3 heterocycles. The summed E-state index contributed by atoms with van der Waals surface area (Å²) in [5, 5.41) is 3.57. The Balaban J connectivity index is 1.54. The molecule has 3 aliphatic rings. The summed E-state index contributed by atoms with van der Waals surface area (Å²) in [6.07, 6.45) is 13.4. The lowest BCUT2D eigenvalue weighted by Crippen LogP contribution is -2.39. The molecule has 1 aliphatic heterocycles. The van der Waals surface area contributed by atoms with E-state index in [1.54, 1.807) is 21.6 Å². The maximum Gasteiger partial charge on any atom is 0.267 e. The molecule has 8 heteroatoms. The Kier molecular flexibility index (Phi) is 6.80. The number of thiocarbonyl (C=S) groups is 1. The fourth-order valence-electron chi connectivity index (χ4n) is 5.41. The molecule has 3 fully saturated rings. The normalized spacial score (nSPS) is 25.5. The van der Waals surface area contributed by atoms with Gasteiger partial charge in [0.15, 0.2) is 0 Å². The number of anilines is 1. The predicted octanol–water partition coefficient (Wildman–Crippen LogP) is 5.53. The van der Waals surface area contributed by atoms with Crippen molar-refractivity contribution in [3.05, 3.63) is 44.7 Å². The molecule has 1 amide bonds. The van der Waals surface area contributed by atoms with Crippen molar-refractivity contribution < 1.29 is 4.79 Å². The van der Waals surface area contributed by atoms with Crippen molar-refractivity contribution in [1.82, 2.24) is 14.3 Å². The van der Waals surface area contributed by atoms with Crippen LogP contribution in [-0.2, 0) is 4.79 Å². The monoisotopic (exact) mass is 496 g/mol. The van der Waals surface area contributed by atoms with Gasteiger partial charge >= 0.3 is 0 Å². The van der Waals surface area contributed by atoms with Crippen LogP contribution in [0.25, 0.3) is 11.7 Å². The fourth-order valence-corrected chi connectivity index (χ4v) is 6.80. The molecule has 0 unspecified atom stereocenters. The number of carbonyl (C=O) groups is 1. The molecule has 0 radical (unpaired) electrons. The summed E-state index contributed by atoms with van der Waals surface area (Å²) < 4.78 is 2.18. The van der Waals surface area contributed by atoms with Gasteiger partial charge in [-0.1, -0.05) is 56.2 Å². The van der Waals surface area contributed by atoms with Gasteiger partial charge in [0.1, 0.15) is 15.8 Å². The maximum atomic E-state index is 13.6. The van der Waals surface area contributed by atoms with Crippen LogP contribution in [0.15, 0.2) is 28.0 Å². The maximum absolute atomic E-state index is 13.6. The Morgan fingerprint density at radius 3 is 2.59 bits per heavy atom. The molecule has 1 N–H and O–H groups in total. The molecule has 2 aromatic heterocycles. The summed E-state index contributed by atoms with van der Waals surface area (Å²) in [4.78, 5) is 34.2. The largest absolute Gasteiger partial charge is 0.367 e. The fraction of sp³-hybridized carbons (Fsp3) is 0.538. The zero-order valence-electron chi connectivity index (χ0n) is 19.9. The number of amides is 1. The van der Waals surface area contributed by atoms with Crippen molar-refractivity contribution in [2.45, 2.75) is 83.7 Å². The van der Waals surface area contributed by atoms with Crippen molar-refractivity contribution in [2.75, 3.05) is 5.32 Å². The van der Waals surface area contributed by atoms with Crippen LogP contribution in [0.3, 0.4) is 0 Å². The molecular formula is C26H32N4O2S2. The highest BCUT2D eigenvalue weighted by Gasteiger charge is 2.38. The molecule has 6 nitrogen and oxygen atoms in total. The van der Waals surface area contributed by atoms with Gasteiger partial charge in [-0.05, 0) is 69.1 Å². The highest BCUT2D eigenvalue weighted by molar-refractivity contribution is 8.26. The third-order valence-corrected chi connectivity index (χ3v) is 8.81. The van der Waals surface area contributed by atoms with Gasteiger partial charge in [0, 0.05) is 18.3 Å². The van der Waals surface area contributed by atoms with Crippen molar-refractivity contribution >= 4 is 51.7 Å². The van der Waals surface area contributed by atoms with Gasteiger partial charge in [0.2, 0.25) is 0 Å². The lowest BCUT2D eigenvalue weighted by atomic mass is 9.87. The van der Waals surface area contributed by atoms with Crippen LogP contribution >= 0.6 is 24.0 Å². The Morgan fingerprint density at radius 2 is 1.85 bits per heavy atom. The summed E-state index contributed by atoms with van der Waals surface area (Å²) in [5.74, 6) is 1.23. The number of hydrogen-bond donors (Lipinski definition) is 1. The summed E-state index contributed by atoms with van der Waals surface area (Å²) in [7, 11) is 0. The number of carbonyl (C=O) groups excluding carboxylic acids is 1. The third kappa shape index (κ3) is 4.54. The van der Waals surface area contributed by atoms with E-state index in [2.05, 4.69) is 12.2 Å². The number of aromatic nitrogens is 2. The summed E-state index contributed by atoms with van der Waals surface area (Å²) in [6.45, 7) is 4.25. The number of nitrogens with one attached hydrogen (secondary N) is 1. The van der Waals surface area contributed by atoms with E-state index >= 15 is 0 Å². The first kappa shape index (κ1) is 23.5. The van der Waals surface area contributed by atoms with Crippen LogP contribution in [0.5, 0.6) is 0 Å². The highest BCUT2D eigenvalue weighted by Crippen LogP contribution is 2.38.